The summed E-state index contributed by atoms with van der Waals surface area (Å²) in [5.74, 6) is -0.504. The van der Waals surface area contributed by atoms with Crippen molar-refractivity contribution in [2.45, 2.75) is 40.7 Å². The molecule has 1 N–H and O–H groups in total. The number of benzene rings is 2. The average molecular weight is 424 g/mol. The number of carbonyl (C=O) groups excluding carboxylic acids is 1. The Morgan fingerprint density at radius 2 is 1.87 bits per heavy atom. The number of para-hydroxylation sites is 1. The van der Waals surface area contributed by atoms with Gasteiger partial charge in [-0.05, 0) is 41.7 Å². The minimum atomic E-state index is -0.587. The first-order valence-corrected chi connectivity index (χ1v) is 10.3. The molecule has 6 heteroatoms. The lowest BCUT2D eigenvalue weighted by Crippen LogP contribution is -2.19. The highest BCUT2D eigenvalue weighted by atomic mass is 16.5. The monoisotopic (exact) mass is 424 g/mol. The van der Waals surface area contributed by atoms with E-state index in [2.05, 4.69) is 0 Å². The highest BCUT2D eigenvalue weighted by molar-refractivity contribution is 5.91. The molecule has 0 atom stereocenters. The maximum absolute atomic E-state index is 12.6. The van der Waals surface area contributed by atoms with Crippen molar-refractivity contribution in [2.75, 3.05) is 13.2 Å². The van der Waals surface area contributed by atoms with Gasteiger partial charge >= 0.3 is 11.6 Å². The van der Waals surface area contributed by atoms with Crippen molar-refractivity contribution in [1.29, 1.82) is 0 Å². The second-order valence-electron chi connectivity index (χ2n) is 8.66. The molecule has 0 aliphatic heterocycles. The highest BCUT2D eigenvalue weighted by Crippen LogP contribution is 2.28. The van der Waals surface area contributed by atoms with E-state index in [9.17, 15) is 14.7 Å². The van der Waals surface area contributed by atoms with Crippen molar-refractivity contribution >= 4 is 16.9 Å². The second-order valence-corrected chi connectivity index (χ2v) is 8.66. The molecule has 0 spiro atoms. The Morgan fingerprint density at radius 1 is 1.13 bits per heavy atom. The molecular formula is C25H28O6. The zero-order chi connectivity index (χ0) is 22.6. The van der Waals surface area contributed by atoms with Gasteiger partial charge in [0.05, 0.1) is 29.7 Å². The zero-order valence-corrected chi connectivity index (χ0v) is 18.4. The molecule has 0 saturated heterocycles. The minimum absolute atomic E-state index is 0.0909. The van der Waals surface area contributed by atoms with Gasteiger partial charge in [0, 0.05) is 13.0 Å². The summed E-state index contributed by atoms with van der Waals surface area (Å²) in [6, 6.07) is 12.1. The molecule has 1 aromatic heterocycles. The Hall–Kier alpha value is -3.12. The maximum Gasteiger partial charge on any atom is 0.343 e. The molecule has 0 radical (unpaired) electrons. The third kappa shape index (κ3) is 5.52. The topological polar surface area (TPSA) is 86.0 Å². The van der Waals surface area contributed by atoms with Crippen LogP contribution in [0.1, 0.15) is 54.7 Å². The van der Waals surface area contributed by atoms with Crippen LogP contribution >= 0.6 is 0 Å². The summed E-state index contributed by atoms with van der Waals surface area (Å²) in [7, 11) is 0. The molecule has 3 aromatic rings. The van der Waals surface area contributed by atoms with Crippen LogP contribution in [0.4, 0.5) is 0 Å². The van der Waals surface area contributed by atoms with Crippen LogP contribution in [0.5, 0.6) is 5.75 Å². The predicted octanol–water partition coefficient (Wildman–Crippen LogP) is 4.83. The zero-order valence-electron chi connectivity index (χ0n) is 18.4. The van der Waals surface area contributed by atoms with E-state index in [1.54, 1.807) is 42.5 Å². The van der Waals surface area contributed by atoms with Crippen LogP contribution < -0.4 is 5.63 Å². The molecule has 0 amide bonds. The van der Waals surface area contributed by atoms with Gasteiger partial charge in [-0.25, -0.2) is 9.59 Å². The summed E-state index contributed by atoms with van der Waals surface area (Å²) in [4.78, 5) is 25.1. The van der Waals surface area contributed by atoms with Crippen molar-refractivity contribution in [2.24, 2.45) is 5.41 Å². The Bertz CT molecular complexity index is 1140. The molecule has 2 aromatic carbocycles. The molecule has 164 valence electrons. The van der Waals surface area contributed by atoms with E-state index in [4.69, 9.17) is 13.9 Å². The lowest BCUT2D eigenvalue weighted by atomic mass is 9.98. The summed E-state index contributed by atoms with van der Waals surface area (Å²) in [5.41, 5.74) is 1.62. The van der Waals surface area contributed by atoms with Crippen LogP contribution in [0.2, 0.25) is 0 Å². The molecule has 0 unspecified atom stereocenters. The van der Waals surface area contributed by atoms with Gasteiger partial charge < -0.3 is 19.0 Å². The Morgan fingerprint density at radius 3 is 2.58 bits per heavy atom. The van der Waals surface area contributed by atoms with Gasteiger partial charge in [-0.1, -0.05) is 45.0 Å². The first kappa shape index (κ1) is 22.6. The number of esters is 1. The third-order valence-corrected chi connectivity index (χ3v) is 4.75. The van der Waals surface area contributed by atoms with E-state index in [0.29, 0.717) is 35.3 Å². The van der Waals surface area contributed by atoms with Gasteiger partial charge in [-0.15, -0.1) is 0 Å². The summed E-state index contributed by atoms with van der Waals surface area (Å²) in [6.45, 7) is 8.88. The van der Waals surface area contributed by atoms with E-state index in [1.807, 2.05) is 27.7 Å². The van der Waals surface area contributed by atoms with E-state index in [1.165, 1.54) is 0 Å². The van der Waals surface area contributed by atoms with Crippen LogP contribution in [0.25, 0.3) is 11.0 Å². The SMILES string of the molecule is CCOCc1cc(Cc2c(O)c3ccccc3oc2=O)ccc1C(=O)OCC(C)(C)C. The largest absolute Gasteiger partial charge is 0.507 e. The molecule has 0 fully saturated rings. The fraction of sp³-hybridized carbons (Fsp3) is 0.360. The Balaban J connectivity index is 1.93. The van der Waals surface area contributed by atoms with Gasteiger partial charge in [0.25, 0.3) is 0 Å². The lowest BCUT2D eigenvalue weighted by molar-refractivity contribution is 0.0361. The second kappa shape index (κ2) is 9.35. The Kier molecular flexibility index (Phi) is 6.81. The molecule has 0 saturated carbocycles. The molecule has 0 bridgehead atoms. The lowest BCUT2D eigenvalue weighted by Gasteiger charge is -2.19. The molecule has 3 rings (SSSR count). The van der Waals surface area contributed by atoms with Crippen LogP contribution in [0, 0.1) is 5.41 Å². The van der Waals surface area contributed by atoms with Gasteiger partial charge in [0.15, 0.2) is 0 Å². The number of hydrogen-bond acceptors (Lipinski definition) is 6. The number of fused-ring (bicyclic) bond motifs is 1. The third-order valence-electron chi connectivity index (χ3n) is 4.75. The number of carbonyl (C=O) groups is 1. The van der Waals surface area contributed by atoms with Crippen molar-refractivity contribution in [3.8, 4) is 5.75 Å². The predicted molar refractivity (Wildman–Crippen MR) is 118 cm³/mol. The number of hydrogen-bond donors (Lipinski definition) is 1. The average Bonchev–Trinajstić information content (AvgIpc) is 2.73. The van der Waals surface area contributed by atoms with Crippen molar-refractivity contribution in [3.05, 3.63) is 75.1 Å². The van der Waals surface area contributed by atoms with E-state index < -0.39 is 11.6 Å². The molecular weight excluding hydrogens is 396 g/mol. The minimum Gasteiger partial charge on any atom is -0.507 e. The number of ether oxygens (including phenoxy) is 2. The first-order valence-electron chi connectivity index (χ1n) is 10.3. The highest BCUT2D eigenvalue weighted by Gasteiger charge is 2.19. The van der Waals surface area contributed by atoms with Crippen LogP contribution in [-0.2, 0) is 22.5 Å². The molecule has 31 heavy (non-hydrogen) atoms. The maximum atomic E-state index is 12.6. The molecule has 6 nitrogen and oxygen atoms in total. The summed E-state index contributed by atoms with van der Waals surface area (Å²) >= 11 is 0. The van der Waals surface area contributed by atoms with Crippen LogP contribution in [0.15, 0.2) is 51.7 Å². The van der Waals surface area contributed by atoms with Gasteiger partial charge in [-0.2, -0.15) is 0 Å². The van der Waals surface area contributed by atoms with Crippen LogP contribution in [0.3, 0.4) is 0 Å². The normalized spacial score (nSPS) is 11.6. The summed E-state index contributed by atoms with van der Waals surface area (Å²) < 4.78 is 16.3. The van der Waals surface area contributed by atoms with E-state index in [-0.39, 0.29) is 29.8 Å². The number of rotatable bonds is 7. The van der Waals surface area contributed by atoms with Gasteiger partial charge in [-0.3, -0.25) is 0 Å². The van der Waals surface area contributed by atoms with E-state index in [0.717, 1.165) is 5.56 Å². The summed E-state index contributed by atoms with van der Waals surface area (Å²) in [5, 5.41) is 11.1. The van der Waals surface area contributed by atoms with Crippen molar-refractivity contribution in [3.63, 3.8) is 0 Å². The van der Waals surface area contributed by atoms with Gasteiger partial charge in [0.2, 0.25) is 0 Å². The fourth-order valence-corrected chi connectivity index (χ4v) is 3.18. The summed E-state index contributed by atoms with van der Waals surface area (Å²) in [6.07, 6.45) is 0.162. The molecule has 0 aliphatic rings. The molecule has 0 aliphatic carbocycles. The van der Waals surface area contributed by atoms with Crippen LogP contribution in [-0.4, -0.2) is 24.3 Å². The quantitative estimate of drug-likeness (QED) is 0.432. The number of aromatic hydroxyl groups is 1. The first-order chi connectivity index (χ1) is 14.7. The fourth-order valence-electron chi connectivity index (χ4n) is 3.18. The standard InChI is InChI=1S/C25H28O6/c1-5-29-14-17-12-16(10-11-18(17)23(27)30-15-25(2,3)4)13-20-22(26)19-8-6-7-9-21(19)31-24(20)28/h6-12,26H,5,13-15H2,1-4H3. The molecule has 1 heterocycles. The Labute approximate surface area is 181 Å². The van der Waals surface area contributed by atoms with Crippen molar-refractivity contribution < 1.29 is 23.8 Å². The smallest absolute Gasteiger partial charge is 0.343 e. The van der Waals surface area contributed by atoms with E-state index >= 15 is 0 Å². The van der Waals surface area contributed by atoms with Gasteiger partial charge in [0.1, 0.15) is 11.3 Å². The van der Waals surface area contributed by atoms with Crippen molar-refractivity contribution in [1.82, 2.24) is 0 Å².